The predicted molar refractivity (Wildman–Crippen MR) is 82.4 cm³/mol. The van der Waals surface area contributed by atoms with Crippen LogP contribution in [-0.4, -0.2) is 10.8 Å². The van der Waals surface area contributed by atoms with Crippen molar-refractivity contribution in [2.24, 2.45) is 0 Å². The zero-order chi connectivity index (χ0) is 12.6. The lowest BCUT2D eigenvalue weighted by Gasteiger charge is -2.18. The smallest absolute Gasteiger partial charge is 0.0348 e. The molecule has 0 bridgehead atoms. The third-order valence-electron chi connectivity index (χ3n) is 2.54. The van der Waals surface area contributed by atoms with Gasteiger partial charge in [-0.3, -0.25) is 0 Å². The fourth-order valence-corrected chi connectivity index (χ4v) is 3.70. The first-order valence-corrected chi connectivity index (χ1v) is 8.17. The van der Waals surface area contributed by atoms with Gasteiger partial charge in [0.15, 0.2) is 0 Å². The lowest BCUT2D eigenvalue weighted by Crippen LogP contribution is -2.12. The van der Waals surface area contributed by atoms with Crippen LogP contribution in [0.3, 0.4) is 0 Å². The van der Waals surface area contributed by atoms with E-state index in [1.807, 2.05) is 21.8 Å². The van der Waals surface area contributed by atoms with Crippen molar-refractivity contribution in [2.75, 3.05) is 6.54 Å². The molecule has 0 amide bonds. The van der Waals surface area contributed by atoms with E-state index < -0.39 is 0 Å². The highest BCUT2D eigenvalue weighted by Gasteiger charge is 2.05. The maximum absolute atomic E-state index is 2.37. The number of benzene rings is 2. The Labute approximate surface area is 117 Å². The van der Waals surface area contributed by atoms with Crippen molar-refractivity contribution in [1.82, 2.24) is 4.31 Å². The van der Waals surface area contributed by atoms with Gasteiger partial charge >= 0.3 is 0 Å². The Morgan fingerprint density at radius 1 is 0.889 bits per heavy atom. The van der Waals surface area contributed by atoms with E-state index in [2.05, 4.69) is 71.9 Å². The molecule has 2 aromatic carbocycles. The van der Waals surface area contributed by atoms with Crippen LogP contribution in [0, 0.1) is 0 Å². The van der Waals surface area contributed by atoms with E-state index >= 15 is 0 Å². The molecule has 94 valence electrons. The minimum atomic E-state index is 0.988. The third kappa shape index (κ3) is 4.41. The predicted octanol–water partition coefficient (Wildman–Crippen LogP) is 4.86. The first-order chi connectivity index (χ1) is 8.88. The molecule has 0 aliphatic carbocycles. The molecule has 1 nitrogen and oxygen atoms in total. The van der Waals surface area contributed by atoms with E-state index in [0.717, 1.165) is 13.1 Å². The van der Waals surface area contributed by atoms with Crippen molar-refractivity contribution >= 4 is 21.8 Å². The van der Waals surface area contributed by atoms with Gasteiger partial charge in [0.25, 0.3) is 0 Å². The highest BCUT2D eigenvalue weighted by Crippen LogP contribution is 2.34. The summed E-state index contributed by atoms with van der Waals surface area (Å²) >= 11 is 0. The van der Waals surface area contributed by atoms with Gasteiger partial charge in [-0.25, -0.2) is 4.31 Å². The zero-order valence-corrected chi connectivity index (χ0v) is 12.1. The van der Waals surface area contributed by atoms with E-state index in [1.54, 1.807) is 0 Å². The quantitative estimate of drug-likeness (QED) is 0.547. The van der Waals surface area contributed by atoms with Crippen LogP contribution in [0.25, 0.3) is 0 Å². The fraction of sp³-hybridized carbons (Fsp3) is 0.200. The molecule has 0 heterocycles. The molecule has 2 aromatic rings. The summed E-state index contributed by atoms with van der Waals surface area (Å²) in [6, 6.07) is 21.1. The fourth-order valence-electron chi connectivity index (χ4n) is 1.55. The molecule has 0 saturated heterocycles. The van der Waals surface area contributed by atoms with Gasteiger partial charge in [-0.1, -0.05) is 55.5 Å². The van der Waals surface area contributed by atoms with Gasteiger partial charge < -0.3 is 0 Å². The van der Waals surface area contributed by atoms with Crippen molar-refractivity contribution < 1.29 is 0 Å². The second kappa shape index (κ2) is 7.52. The summed E-state index contributed by atoms with van der Waals surface area (Å²) in [7, 11) is 3.63. The van der Waals surface area contributed by atoms with Crippen LogP contribution in [0.1, 0.15) is 12.5 Å². The van der Waals surface area contributed by atoms with Crippen LogP contribution in [0.5, 0.6) is 0 Å². The number of rotatable bonds is 6. The summed E-state index contributed by atoms with van der Waals surface area (Å²) in [5, 5.41) is 0. The van der Waals surface area contributed by atoms with Crippen LogP contribution in [0.4, 0.5) is 0 Å². The Balaban J connectivity index is 1.86. The average Bonchev–Trinajstić information content (AvgIpc) is 2.45. The van der Waals surface area contributed by atoms with Gasteiger partial charge in [0.1, 0.15) is 0 Å². The summed E-state index contributed by atoms with van der Waals surface area (Å²) in [5.41, 5.74) is 1.36. The Morgan fingerprint density at radius 2 is 1.50 bits per heavy atom. The van der Waals surface area contributed by atoms with E-state index in [0.29, 0.717) is 0 Å². The van der Waals surface area contributed by atoms with Gasteiger partial charge in [0.05, 0.1) is 0 Å². The van der Waals surface area contributed by atoms with Crippen molar-refractivity contribution in [1.29, 1.82) is 0 Å². The molecular formula is C15H17NS2. The number of nitrogens with zero attached hydrogens (tertiary/aromatic N) is 1. The van der Waals surface area contributed by atoms with Crippen LogP contribution in [-0.2, 0) is 6.54 Å². The molecule has 0 unspecified atom stereocenters. The van der Waals surface area contributed by atoms with E-state index in [-0.39, 0.29) is 0 Å². The van der Waals surface area contributed by atoms with E-state index in [1.165, 1.54) is 10.5 Å². The molecule has 0 spiro atoms. The zero-order valence-electron chi connectivity index (χ0n) is 10.5. The monoisotopic (exact) mass is 275 g/mol. The van der Waals surface area contributed by atoms with Crippen LogP contribution in [0.15, 0.2) is 65.6 Å². The first-order valence-electron chi connectivity index (χ1n) is 6.07. The van der Waals surface area contributed by atoms with Crippen LogP contribution in [0.2, 0.25) is 0 Å². The molecule has 18 heavy (non-hydrogen) atoms. The molecule has 2 rings (SSSR count). The minimum Gasteiger partial charge on any atom is -0.237 e. The standard InChI is InChI=1S/C15H17NS2/c1-2-16(13-14-9-5-3-6-10-14)18-17-15-11-7-4-8-12-15/h3-12H,2,13H2,1H3. The maximum atomic E-state index is 2.37. The van der Waals surface area contributed by atoms with Crippen LogP contribution < -0.4 is 0 Å². The van der Waals surface area contributed by atoms with E-state index in [4.69, 9.17) is 0 Å². The highest BCUT2D eigenvalue weighted by atomic mass is 33.1. The lowest BCUT2D eigenvalue weighted by molar-refractivity contribution is 0.498. The Kier molecular flexibility index (Phi) is 5.65. The lowest BCUT2D eigenvalue weighted by atomic mass is 10.2. The molecule has 0 fully saturated rings. The maximum Gasteiger partial charge on any atom is 0.0348 e. The molecular weight excluding hydrogens is 258 g/mol. The van der Waals surface area contributed by atoms with Gasteiger partial charge in [-0.15, -0.1) is 0 Å². The second-order valence-corrected chi connectivity index (χ2v) is 6.16. The van der Waals surface area contributed by atoms with Crippen LogP contribution >= 0.6 is 21.8 Å². The summed E-state index contributed by atoms with van der Waals surface area (Å²) in [6.07, 6.45) is 0. The van der Waals surface area contributed by atoms with Gasteiger partial charge in [0, 0.05) is 18.0 Å². The number of hydrogen-bond donors (Lipinski definition) is 0. The SMILES string of the molecule is CCN(Cc1ccccc1)SSc1ccccc1. The van der Waals surface area contributed by atoms with Crippen molar-refractivity contribution in [2.45, 2.75) is 18.4 Å². The van der Waals surface area contributed by atoms with Crippen molar-refractivity contribution in [3.63, 3.8) is 0 Å². The third-order valence-corrected chi connectivity index (χ3v) is 5.11. The molecule has 0 saturated carbocycles. The summed E-state index contributed by atoms with van der Waals surface area (Å²) in [4.78, 5) is 1.30. The largest absolute Gasteiger partial charge is 0.237 e. The number of hydrogen-bond acceptors (Lipinski definition) is 3. The molecule has 0 aliphatic heterocycles. The minimum absolute atomic E-state index is 0.988. The van der Waals surface area contributed by atoms with Crippen molar-refractivity contribution in [3.8, 4) is 0 Å². The second-order valence-electron chi connectivity index (χ2n) is 3.91. The Bertz CT molecular complexity index is 445. The summed E-state index contributed by atoms with van der Waals surface area (Å²) < 4.78 is 2.37. The van der Waals surface area contributed by atoms with Gasteiger partial charge in [-0.2, -0.15) is 0 Å². The molecule has 0 atom stereocenters. The van der Waals surface area contributed by atoms with Gasteiger partial charge in [-0.05, 0) is 39.5 Å². The highest BCUT2D eigenvalue weighted by molar-refractivity contribution is 8.75. The summed E-state index contributed by atoms with van der Waals surface area (Å²) in [5.74, 6) is 0. The molecule has 0 N–H and O–H groups in total. The first kappa shape index (κ1) is 13.5. The van der Waals surface area contributed by atoms with E-state index in [9.17, 15) is 0 Å². The molecule has 0 aliphatic rings. The molecule has 3 heteroatoms. The Hall–Kier alpha value is -0.900. The van der Waals surface area contributed by atoms with Gasteiger partial charge in [0.2, 0.25) is 0 Å². The van der Waals surface area contributed by atoms with Crippen molar-refractivity contribution in [3.05, 3.63) is 66.2 Å². The normalized spacial score (nSPS) is 10.8. The topological polar surface area (TPSA) is 3.24 Å². The molecule has 0 aromatic heterocycles. The average molecular weight is 275 g/mol. The molecule has 0 radical (unpaired) electrons. The summed E-state index contributed by atoms with van der Waals surface area (Å²) in [6.45, 7) is 4.22. The Morgan fingerprint density at radius 3 is 2.11 bits per heavy atom.